The summed E-state index contributed by atoms with van der Waals surface area (Å²) in [6.45, 7) is 2.16. The molecule has 31 heavy (non-hydrogen) atoms. The molecule has 158 valence electrons. The number of anilines is 1. The van der Waals surface area contributed by atoms with Gasteiger partial charge in [0, 0.05) is 24.0 Å². The zero-order valence-electron chi connectivity index (χ0n) is 17.5. The Kier molecular flexibility index (Phi) is 5.67. The molecular weight excluding hydrogens is 386 g/mol. The van der Waals surface area contributed by atoms with Gasteiger partial charge in [0.05, 0.1) is 6.04 Å². The van der Waals surface area contributed by atoms with Gasteiger partial charge in [-0.1, -0.05) is 48.5 Å². The molecule has 3 aromatic rings. The Morgan fingerprint density at radius 2 is 1.71 bits per heavy atom. The second-order valence-corrected chi connectivity index (χ2v) is 8.44. The Balaban J connectivity index is 1.25. The average Bonchev–Trinajstić information content (AvgIpc) is 2.83. The van der Waals surface area contributed by atoms with Crippen LogP contribution in [0.25, 0.3) is 11.1 Å². The quantitative estimate of drug-likeness (QED) is 0.639. The highest BCUT2D eigenvalue weighted by molar-refractivity contribution is 5.85. The van der Waals surface area contributed by atoms with Crippen LogP contribution in [0.5, 0.6) is 0 Å². The van der Waals surface area contributed by atoms with Gasteiger partial charge in [-0.2, -0.15) is 0 Å². The summed E-state index contributed by atoms with van der Waals surface area (Å²) in [5, 5.41) is 2.92. The molecule has 1 N–H and O–H groups in total. The molecule has 3 saturated heterocycles. The zero-order chi connectivity index (χ0) is 21.0. The molecule has 0 saturated carbocycles. The smallest absolute Gasteiger partial charge is 0.411 e. The molecule has 6 rings (SSSR count). The topological polar surface area (TPSA) is 54.5 Å². The van der Waals surface area contributed by atoms with E-state index in [-0.39, 0.29) is 18.2 Å². The normalized spacial score (nSPS) is 24.5. The van der Waals surface area contributed by atoms with Crippen LogP contribution in [0.2, 0.25) is 0 Å². The molecule has 3 aliphatic rings. The van der Waals surface area contributed by atoms with Crippen molar-refractivity contribution in [2.45, 2.75) is 31.4 Å². The number of carbonyl (C=O) groups excluding carboxylic acids is 1. The van der Waals surface area contributed by atoms with Crippen LogP contribution in [0, 0.1) is 5.92 Å². The number of rotatable bonds is 5. The number of pyridine rings is 1. The van der Waals surface area contributed by atoms with Gasteiger partial charge < -0.3 is 4.74 Å². The molecule has 1 aromatic heterocycles. The number of piperidine rings is 3. The first kappa shape index (κ1) is 19.8. The van der Waals surface area contributed by atoms with Crippen molar-refractivity contribution in [3.8, 4) is 11.1 Å². The van der Waals surface area contributed by atoms with Crippen LogP contribution in [-0.2, 0) is 11.2 Å². The van der Waals surface area contributed by atoms with Crippen molar-refractivity contribution in [1.82, 2.24) is 9.88 Å². The molecule has 0 aliphatic carbocycles. The minimum atomic E-state index is -0.373. The number of amides is 1. The number of hydrogen-bond acceptors (Lipinski definition) is 4. The molecule has 2 atom stereocenters. The summed E-state index contributed by atoms with van der Waals surface area (Å²) >= 11 is 0. The molecule has 0 radical (unpaired) electrons. The Morgan fingerprint density at radius 3 is 2.42 bits per heavy atom. The molecule has 2 bridgehead atoms. The highest BCUT2D eigenvalue weighted by Crippen LogP contribution is 2.36. The van der Waals surface area contributed by atoms with Crippen molar-refractivity contribution in [3.63, 3.8) is 0 Å². The molecule has 0 spiro atoms. The number of benzene rings is 2. The summed E-state index contributed by atoms with van der Waals surface area (Å²) in [4.78, 5) is 19.5. The van der Waals surface area contributed by atoms with E-state index in [1.165, 1.54) is 5.56 Å². The monoisotopic (exact) mass is 413 g/mol. The average molecular weight is 414 g/mol. The molecule has 5 nitrogen and oxygen atoms in total. The highest BCUT2D eigenvalue weighted by atomic mass is 16.6. The van der Waals surface area contributed by atoms with Crippen molar-refractivity contribution in [2.24, 2.45) is 5.92 Å². The second-order valence-electron chi connectivity index (χ2n) is 8.44. The lowest BCUT2D eigenvalue weighted by molar-refractivity contribution is -0.0741. The summed E-state index contributed by atoms with van der Waals surface area (Å²) in [6.07, 6.45) is 6.28. The Labute approximate surface area is 183 Å². The molecule has 2 aromatic carbocycles. The van der Waals surface area contributed by atoms with E-state index >= 15 is 0 Å². The number of hydrogen-bond donors (Lipinski definition) is 1. The number of aromatic nitrogens is 1. The van der Waals surface area contributed by atoms with Crippen LogP contribution in [0.3, 0.4) is 0 Å². The molecule has 5 heteroatoms. The van der Waals surface area contributed by atoms with Gasteiger partial charge in [0.25, 0.3) is 0 Å². The van der Waals surface area contributed by atoms with E-state index in [0.717, 1.165) is 49.2 Å². The Morgan fingerprint density at radius 1 is 0.968 bits per heavy atom. The lowest BCUT2D eigenvalue weighted by atomic mass is 9.78. The third kappa shape index (κ3) is 4.47. The molecule has 4 heterocycles. The van der Waals surface area contributed by atoms with E-state index in [1.54, 1.807) is 6.20 Å². The van der Waals surface area contributed by atoms with Gasteiger partial charge in [-0.3, -0.25) is 15.2 Å². The van der Waals surface area contributed by atoms with Gasteiger partial charge in [-0.05, 0) is 67.2 Å². The van der Waals surface area contributed by atoms with E-state index < -0.39 is 0 Å². The SMILES string of the molecule is O=C(Nc1ccc(-c2ccccc2)cc1)OC1C2CCN(CC2)C1Cc1cccnc1. The summed E-state index contributed by atoms with van der Waals surface area (Å²) in [5.41, 5.74) is 4.20. The van der Waals surface area contributed by atoms with Gasteiger partial charge in [-0.25, -0.2) is 4.79 Å². The summed E-state index contributed by atoms with van der Waals surface area (Å²) in [7, 11) is 0. The fourth-order valence-electron chi connectivity index (χ4n) is 4.93. The molecular formula is C26H27N3O2. The highest BCUT2D eigenvalue weighted by Gasteiger charge is 2.44. The Bertz CT molecular complexity index is 1000. The van der Waals surface area contributed by atoms with Crippen LogP contribution in [-0.4, -0.2) is 41.2 Å². The predicted molar refractivity (Wildman–Crippen MR) is 122 cm³/mol. The van der Waals surface area contributed by atoms with Crippen molar-refractivity contribution in [2.75, 3.05) is 18.4 Å². The van der Waals surface area contributed by atoms with Crippen LogP contribution in [0.15, 0.2) is 79.1 Å². The lowest BCUT2D eigenvalue weighted by Gasteiger charge is -2.50. The van der Waals surface area contributed by atoms with Gasteiger partial charge in [-0.15, -0.1) is 0 Å². The van der Waals surface area contributed by atoms with Gasteiger partial charge in [0.15, 0.2) is 0 Å². The largest absolute Gasteiger partial charge is 0.444 e. The third-order valence-electron chi connectivity index (χ3n) is 6.54. The molecule has 2 unspecified atom stereocenters. The maximum atomic E-state index is 12.7. The van der Waals surface area contributed by atoms with Crippen molar-refractivity contribution < 1.29 is 9.53 Å². The number of fused-ring (bicyclic) bond motifs is 3. The van der Waals surface area contributed by atoms with E-state index in [2.05, 4.69) is 33.4 Å². The van der Waals surface area contributed by atoms with Crippen molar-refractivity contribution >= 4 is 11.8 Å². The first-order valence-corrected chi connectivity index (χ1v) is 11.0. The number of nitrogens with one attached hydrogen (secondary N) is 1. The predicted octanol–water partition coefficient (Wildman–Crippen LogP) is 5.00. The maximum Gasteiger partial charge on any atom is 0.411 e. The standard InChI is InChI=1S/C26H27N3O2/c30-26(28-23-10-8-21(9-11-23)20-6-2-1-3-7-20)31-25-22-12-15-29(16-13-22)24(25)17-19-5-4-14-27-18-19/h1-11,14,18,22,24-25H,12-13,15-17H2,(H,28,30). The minimum absolute atomic E-state index is 0.0914. The van der Waals surface area contributed by atoms with Crippen molar-refractivity contribution in [3.05, 3.63) is 84.7 Å². The minimum Gasteiger partial charge on any atom is -0.444 e. The fraction of sp³-hybridized carbons (Fsp3) is 0.308. The molecule has 3 aliphatic heterocycles. The van der Waals surface area contributed by atoms with Crippen LogP contribution in [0.1, 0.15) is 18.4 Å². The first-order valence-electron chi connectivity index (χ1n) is 11.0. The summed E-state index contributed by atoms with van der Waals surface area (Å²) < 4.78 is 6.02. The maximum absolute atomic E-state index is 12.7. The van der Waals surface area contributed by atoms with E-state index in [0.29, 0.717) is 5.92 Å². The fourth-order valence-corrected chi connectivity index (χ4v) is 4.93. The Hall–Kier alpha value is -3.18. The molecule has 3 fully saturated rings. The number of carbonyl (C=O) groups is 1. The first-order chi connectivity index (χ1) is 15.3. The van der Waals surface area contributed by atoms with Crippen LogP contribution >= 0.6 is 0 Å². The second kappa shape index (κ2) is 8.90. The number of ether oxygens (including phenoxy) is 1. The van der Waals surface area contributed by atoms with Gasteiger partial charge in [0.2, 0.25) is 0 Å². The van der Waals surface area contributed by atoms with Gasteiger partial charge in [0.1, 0.15) is 6.10 Å². The van der Waals surface area contributed by atoms with Gasteiger partial charge >= 0.3 is 6.09 Å². The zero-order valence-corrected chi connectivity index (χ0v) is 17.5. The van der Waals surface area contributed by atoms with Crippen LogP contribution < -0.4 is 5.32 Å². The lowest BCUT2D eigenvalue weighted by Crippen LogP contribution is -2.60. The van der Waals surface area contributed by atoms with E-state index in [9.17, 15) is 4.79 Å². The summed E-state index contributed by atoms with van der Waals surface area (Å²) in [6, 6.07) is 22.4. The molecule has 1 amide bonds. The van der Waals surface area contributed by atoms with Crippen molar-refractivity contribution in [1.29, 1.82) is 0 Å². The number of nitrogens with zero attached hydrogens (tertiary/aromatic N) is 2. The van der Waals surface area contributed by atoms with E-state index in [4.69, 9.17) is 4.74 Å². The van der Waals surface area contributed by atoms with Crippen LogP contribution in [0.4, 0.5) is 10.5 Å². The van der Waals surface area contributed by atoms with E-state index in [1.807, 2.05) is 54.7 Å². The summed E-state index contributed by atoms with van der Waals surface area (Å²) in [5.74, 6) is 0.429. The third-order valence-corrected chi connectivity index (χ3v) is 6.54.